The summed E-state index contributed by atoms with van der Waals surface area (Å²) >= 11 is 0. The average molecular weight is 263 g/mol. The number of nitrogens with zero attached hydrogens (tertiary/aromatic N) is 2. The summed E-state index contributed by atoms with van der Waals surface area (Å²) < 4.78 is 1.96. The number of rotatable bonds is 3. The van der Waals surface area contributed by atoms with Crippen LogP contribution in [0.4, 0.5) is 0 Å². The molecule has 0 bridgehead atoms. The average Bonchev–Trinajstić information content (AvgIpc) is 2.86. The van der Waals surface area contributed by atoms with Crippen LogP contribution in [0, 0.1) is 6.92 Å². The number of benzene rings is 2. The van der Waals surface area contributed by atoms with Crippen LogP contribution in [0.15, 0.2) is 60.7 Å². The van der Waals surface area contributed by atoms with Crippen molar-refractivity contribution in [3.63, 3.8) is 0 Å². The molecule has 0 amide bonds. The molecule has 0 atom stereocenters. The Morgan fingerprint density at radius 3 is 2.15 bits per heavy atom. The Labute approximate surface area is 118 Å². The highest BCUT2D eigenvalue weighted by atomic mass is 15.3. The van der Waals surface area contributed by atoms with E-state index in [1.807, 2.05) is 41.1 Å². The molecule has 3 heteroatoms. The molecule has 0 saturated heterocycles. The summed E-state index contributed by atoms with van der Waals surface area (Å²) in [6, 6.07) is 20.3. The molecule has 0 unspecified atom stereocenters. The van der Waals surface area contributed by atoms with Crippen LogP contribution >= 0.6 is 0 Å². The van der Waals surface area contributed by atoms with E-state index in [9.17, 15) is 0 Å². The van der Waals surface area contributed by atoms with E-state index >= 15 is 0 Å². The zero-order valence-corrected chi connectivity index (χ0v) is 11.5. The highest BCUT2D eigenvalue weighted by Crippen LogP contribution is 2.26. The number of para-hydroxylation sites is 1. The van der Waals surface area contributed by atoms with Crippen molar-refractivity contribution in [3.05, 3.63) is 71.9 Å². The van der Waals surface area contributed by atoms with Gasteiger partial charge in [0.05, 0.1) is 11.4 Å². The van der Waals surface area contributed by atoms with Gasteiger partial charge in [-0.3, -0.25) is 0 Å². The van der Waals surface area contributed by atoms with Crippen LogP contribution in [0.3, 0.4) is 0 Å². The van der Waals surface area contributed by atoms with E-state index in [1.54, 1.807) is 0 Å². The van der Waals surface area contributed by atoms with Crippen molar-refractivity contribution in [2.24, 2.45) is 5.73 Å². The van der Waals surface area contributed by atoms with Gasteiger partial charge in [0.25, 0.3) is 0 Å². The number of hydrogen-bond donors (Lipinski definition) is 1. The lowest BCUT2D eigenvalue weighted by Gasteiger charge is -2.03. The van der Waals surface area contributed by atoms with Gasteiger partial charge in [-0.25, -0.2) is 4.68 Å². The van der Waals surface area contributed by atoms with E-state index in [0.717, 1.165) is 28.2 Å². The van der Waals surface area contributed by atoms with Gasteiger partial charge in [0.2, 0.25) is 0 Å². The fourth-order valence-corrected chi connectivity index (χ4v) is 2.43. The molecule has 3 aromatic rings. The van der Waals surface area contributed by atoms with Gasteiger partial charge in [-0.1, -0.05) is 48.5 Å². The van der Waals surface area contributed by atoms with Crippen LogP contribution in [-0.2, 0) is 6.54 Å². The molecule has 3 nitrogen and oxygen atoms in total. The lowest BCUT2D eigenvalue weighted by molar-refractivity contribution is 0.845. The third-order valence-corrected chi connectivity index (χ3v) is 3.49. The zero-order chi connectivity index (χ0) is 13.9. The topological polar surface area (TPSA) is 43.8 Å². The minimum Gasteiger partial charge on any atom is -0.326 e. The number of hydrogen-bond acceptors (Lipinski definition) is 2. The van der Waals surface area contributed by atoms with Crippen molar-refractivity contribution in [3.8, 4) is 16.9 Å². The largest absolute Gasteiger partial charge is 0.326 e. The first kappa shape index (κ1) is 12.6. The predicted molar refractivity (Wildman–Crippen MR) is 81.6 cm³/mol. The van der Waals surface area contributed by atoms with Crippen LogP contribution < -0.4 is 5.73 Å². The Morgan fingerprint density at radius 2 is 1.55 bits per heavy atom. The molecule has 2 aromatic carbocycles. The lowest BCUT2D eigenvalue weighted by Crippen LogP contribution is -2.01. The van der Waals surface area contributed by atoms with E-state index in [0.29, 0.717) is 6.54 Å². The summed E-state index contributed by atoms with van der Waals surface area (Å²) in [6.07, 6.45) is 0. The fourth-order valence-electron chi connectivity index (χ4n) is 2.43. The van der Waals surface area contributed by atoms with E-state index in [-0.39, 0.29) is 0 Å². The molecule has 0 aliphatic heterocycles. The molecule has 3 rings (SSSR count). The summed E-state index contributed by atoms with van der Waals surface area (Å²) in [6.45, 7) is 2.55. The first-order chi connectivity index (χ1) is 9.81. The quantitative estimate of drug-likeness (QED) is 0.788. The second-order valence-corrected chi connectivity index (χ2v) is 4.73. The smallest absolute Gasteiger partial charge is 0.0975 e. The summed E-state index contributed by atoms with van der Waals surface area (Å²) in [7, 11) is 0. The Balaban J connectivity index is 2.18. The SMILES string of the molecule is Cc1c(CN)c(-c2ccccc2)nn1-c1ccccc1. The molecule has 0 fully saturated rings. The maximum Gasteiger partial charge on any atom is 0.0975 e. The molecule has 100 valence electrons. The molecule has 20 heavy (non-hydrogen) atoms. The standard InChI is InChI=1S/C17H17N3/c1-13-16(12-18)17(14-8-4-2-5-9-14)19-20(13)15-10-6-3-7-11-15/h2-11H,12,18H2,1H3. The van der Waals surface area contributed by atoms with Gasteiger partial charge in [0.15, 0.2) is 0 Å². The molecule has 1 aromatic heterocycles. The maximum absolute atomic E-state index is 5.93. The van der Waals surface area contributed by atoms with Crippen LogP contribution in [-0.4, -0.2) is 9.78 Å². The second kappa shape index (κ2) is 5.31. The van der Waals surface area contributed by atoms with Gasteiger partial charge >= 0.3 is 0 Å². The monoisotopic (exact) mass is 263 g/mol. The van der Waals surface area contributed by atoms with E-state index in [2.05, 4.69) is 31.2 Å². The Bertz CT molecular complexity index is 700. The van der Waals surface area contributed by atoms with Crippen LogP contribution in [0.2, 0.25) is 0 Å². The fraction of sp³-hybridized carbons (Fsp3) is 0.118. The Hall–Kier alpha value is -2.39. The molecular weight excluding hydrogens is 246 g/mol. The number of aromatic nitrogens is 2. The molecule has 0 radical (unpaired) electrons. The van der Waals surface area contributed by atoms with Gasteiger partial charge in [0, 0.05) is 23.4 Å². The molecule has 0 saturated carbocycles. The van der Waals surface area contributed by atoms with Crippen LogP contribution in [0.25, 0.3) is 16.9 Å². The lowest BCUT2D eigenvalue weighted by atomic mass is 10.1. The highest BCUT2D eigenvalue weighted by molar-refractivity contribution is 5.64. The van der Waals surface area contributed by atoms with Crippen molar-refractivity contribution in [2.75, 3.05) is 0 Å². The molecule has 1 heterocycles. The van der Waals surface area contributed by atoms with Crippen LogP contribution in [0.1, 0.15) is 11.3 Å². The van der Waals surface area contributed by atoms with Crippen molar-refractivity contribution < 1.29 is 0 Å². The summed E-state index contributed by atoms with van der Waals surface area (Å²) in [4.78, 5) is 0. The van der Waals surface area contributed by atoms with Gasteiger partial charge in [-0.2, -0.15) is 5.10 Å². The van der Waals surface area contributed by atoms with Crippen molar-refractivity contribution in [2.45, 2.75) is 13.5 Å². The normalized spacial score (nSPS) is 10.7. The van der Waals surface area contributed by atoms with Crippen LogP contribution in [0.5, 0.6) is 0 Å². The molecule has 0 aliphatic carbocycles. The first-order valence-corrected chi connectivity index (χ1v) is 6.70. The van der Waals surface area contributed by atoms with Crippen molar-refractivity contribution >= 4 is 0 Å². The van der Waals surface area contributed by atoms with Crippen molar-refractivity contribution in [1.82, 2.24) is 9.78 Å². The maximum atomic E-state index is 5.93. The van der Waals surface area contributed by atoms with E-state index in [1.165, 1.54) is 0 Å². The second-order valence-electron chi connectivity index (χ2n) is 4.73. The Kier molecular flexibility index (Phi) is 3.35. The van der Waals surface area contributed by atoms with E-state index < -0.39 is 0 Å². The molecule has 0 spiro atoms. The highest BCUT2D eigenvalue weighted by Gasteiger charge is 2.15. The van der Waals surface area contributed by atoms with Gasteiger partial charge in [-0.05, 0) is 19.1 Å². The first-order valence-electron chi connectivity index (χ1n) is 6.70. The zero-order valence-electron chi connectivity index (χ0n) is 11.5. The molecule has 2 N–H and O–H groups in total. The van der Waals surface area contributed by atoms with Gasteiger partial charge in [-0.15, -0.1) is 0 Å². The third-order valence-electron chi connectivity index (χ3n) is 3.49. The number of nitrogens with two attached hydrogens (primary N) is 1. The van der Waals surface area contributed by atoms with Gasteiger partial charge in [0.1, 0.15) is 0 Å². The minimum absolute atomic E-state index is 0.489. The Morgan fingerprint density at radius 1 is 0.950 bits per heavy atom. The third kappa shape index (κ3) is 2.12. The van der Waals surface area contributed by atoms with E-state index in [4.69, 9.17) is 10.8 Å². The summed E-state index contributed by atoms with van der Waals surface area (Å²) in [5.41, 5.74) is 11.2. The molecule has 0 aliphatic rings. The summed E-state index contributed by atoms with van der Waals surface area (Å²) in [5.74, 6) is 0. The molecular formula is C17H17N3. The minimum atomic E-state index is 0.489. The van der Waals surface area contributed by atoms with Crippen molar-refractivity contribution in [1.29, 1.82) is 0 Å². The van der Waals surface area contributed by atoms with Gasteiger partial charge < -0.3 is 5.73 Å². The predicted octanol–water partition coefficient (Wildman–Crippen LogP) is 3.31. The summed E-state index contributed by atoms with van der Waals surface area (Å²) in [5, 5.41) is 4.76.